The molecular weight excluding hydrogens is 344 g/mol. The second kappa shape index (κ2) is 9.16. The Morgan fingerprint density at radius 3 is 2.73 bits per heavy atom. The van der Waals surface area contributed by atoms with Crippen LogP contribution in [0.4, 0.5) is 0 Å². The molecule has 0 fully saturated rings. The molecule has 0 spiro atoms. The molecule has 2 aromatic rings. The minimum absolute atomic E-state index is 0.412. The number of aromatic nitrogens is 3. The molecule has 2 rings (SSSR count). The standard InChI is InChI=1S/C19H32N6S/c1-8-16-14(4)26-17(22-16)9-10-21-19(20-5)24(6)11-15-12-25(7)23-18(15)13(2)3/h12-13H,8-11H2,1-7H3,(H,20,21). The number of aliphatic imine (C=N–C) groups is 1. The molecule has 0 bridgehead atoms. The number of aryl methyl sites for hydroxylation is 3. The van der Waals surface area contributed by atoms with Crippen LogP contribution < -0.4 is 5.32 Å². The third-order valence-corrected chi connectivity index (χ3v) is 5.43. The van der Waals surface area contributed by atoms with Crippen molar-refractivity contribution in [3.05, 3.63) is 33.0 Å². The second-order valence-electron chi connectivity index (χ2n) is 6.91. The quantitative estimate of drug-likeness (QED) is 0.596. The van der Waals surface area contributed by atoms with Gasteiger partial charge >= 0.3 is 0 Å². The van der Waals surface area contributed by atoms with Crippen LogP contribution in [-0.2, 0) is 26.4 Å². The Bertz CT molecular complexity index is 743. The average Bonchev–Trinajstić information content (AvgIpc) is 3.13. The molecule has 0 unspecified atom stereocenters. The molecule has 0 aliphatic heterocycles. The van der Waals surface area contributed by atoms with E-state index in [1.54, 1.807) is 11.3 Å². The first kappa shape index (κ1) is 20.4. The van der Waals surface area contributed by atoms with Crippen molar-refractivity contribution in [2.75, 3.05) is 20.6 Å². The zero-order valence-corrected chi connectivity index (χ0v) is 17.9. The molecule has 0 aromatic carbocycles. The van der Waals surface area contributed by atoms with Crippen LogP contribution in [0.25, 0.3) is 0 Å². The highest BCUT2D eigenvalue weighted by atomic mass is 32.1. The summed E-state index contributed by atoms with van der Waals surface area (Å²) in [6.07, 6.45) is 4.02. The van der Waals surface area contributed by atoms with Gasteiger partial charge in [-0.25, -0.2) is 4.98 Å². The minimum Gasteiger partial charge on any atom is -0.356 e. The maximum absolute atomic E-state index is 4.71. The van der Waals surface area contributed by atoms with Crippen molar-refractivity contribution in [1.82, 2.24) is 25.0 Å². The molecule has 7 heteroatoms. The summed E-state index contributed by atoms with van der Waals surface area (Å²) < 4.78 is 1.89. The molecular formula is C19H32N6S. The molecule has 2 aromatic heterocycles. The molecule has 0 amide bonds. The molecule has 6 nitrogen and oxygen atoms in total. The summed E-state index contributed by atoms with van der Waals surface area (Å²) in [4.78, 5) is 12.6. The smallest absolute Gasteiger partial charge is 0.193 e. The van der Waals surface area contributed by atoms with E-state index in [2.05, 4.69) is 61.2 Å². The predicted molar refractivity (Wildman–Crippen MR) is 110 cm³/mol. The van der Waals surface area contributed by atoms with E-state index in [0.29, 0.717) is 5.92 Å². The summed E-state index contributed by atoms with van der Waals surface area (Å²) in [5, 5.41) is 9.24. The van der Waals surface area contributed by atoms with E-state index in [-0.39, 0.29) is 0 Å². The highest BCUT2D eigenvalue weighted by Gasteiger charge is 2.15. The summed E-state index contributed by atoms with van der Waals surface area (Å²) in [6.45, 7) is 10.3. The first-order chi connectivity index (χ1) is 12.3. The predicted octanol–water partition coefficient (Wildman–Crippen LogP) is 3.12. The molecule has 2 heterocycles. The highest BCUT2D eigenvalue weighted by molar-refractivity contribution is 7.11. The van der Waals surface area contributed by atoms with Crippen LogP contribution in [0.3, 0.4) is 0 Å². The van der Waals surface area contributed by atoms with Crippen LogP contribution in [0.15, 0.2) is 11.2 Å². The molecule has 144 valence electrons. The van der Waals surface area contributed by atoms with Crippen LogP contribution in [-0.4, -0.2) is 46.3 Å². The van der Waals surface area contributed by atoms with Gasteiger partial charge in [0.1, 0.15) is 0 Å². The van der Waals surface area contributed by atoms with Crippen LogP contribution >= 0.6 is 11.3 Å². The lowest BCUT2D eigenvalue weighted by Crippen LogP contribution is -2.39. The van der Waals surface area contributed by atoms with Gasteiger partial charge in [-0.3, -0.25) is 9.67 Å². The lowest BCUT2D eigenvalue weighted by Gasteiger charge is -2.22. The summed E-state index contributed by atoms with van der Waals surface area (Å²) in [7, 11) is 5.87. The zero-order chi connectivity index (χ0) is 19.3. The Hall–Kier alpha value is -1.89. The molecule has 0 saturated heterocycles. The van der Waals surface area contributed by atoms with E-state index in [1.807, 2.05) is 18.8 Å². The van der Waals surface area contributed by atoms with Crippen molar-refractivity contribution in [1.29, 1.82) is 0 Å². The number of nitrogens with zero attached hydrogens (tertiary/aromatic N) is 5. The van der Waals surface area contributed by atoms with Gasteiger partial charge in [0.25, 0.3) is 0 Å². The number of nitrogens with one attached hydrogen (secondary N) is 1. The van der Waals surface area contributed by atoms with Crippen LogP contribution in [0.5, 0.6) is 0 Å². The number of hydrogen-bond acceptors (Lipinski definition) is 4. The maximum Gasteiger partial charge on any atom is 0.193 e. The van der Waals surface area contributed by atoms with Gasteiger partial charge in [0.2, 0.25) is 0 Å². The fourth-order valence-electron chi connectivity index (χ4n) is 3.08. The van der Waals surface area contributed by atoms with Crippen molar-refractivity contribution < 1.29 is 0 Å². The lowest BCUT2D eigenvalue weighted by atomic mass is 10.1. The van der Waals surface area contributed by atoms with E-state index in [4.69, 9.17) is 4.98 Å². The average molecular weight is 377 g/mol. The van der Waals surface area contributed by atoms with Crippen LogP contribution in [0.2, 0.25) is 0 Å². The van der Waals surface area contributed by atoms with Crippen molar-refractivity contribution in [3.63, 3.8) is 0 Å². The largest absolute Gasteiger partial charge is 0.356 e. The van der Waals surface area contributed by atoms with Crippen molar-refractivity contribution in [2.45, 2.75) is 53.0 Å². The molecule has 26 heavy (non-hydrogen) atoms. The number of rotatable bonds is 7. The van der Waals surface area contributed by atoms with Gasteiger partial charge in [-0.2, -0.15) is 5.10 Å². The first-order valence-electron chi connectivity index (χ1n) is 9.25. The van der Waals surface area contributed by atoms with E-state index >= 15 is 0 Å². The Balaban J connectivity index is 1.93. The van der Waals surface area contributed by atoms with E-state index in [1.165, 1.54) is 21.1 Å². The van der Waals surface area contributed by atoms with E-state index in [9.17, 15) is 0 Å². The summed E-state index contributed by atoms with van der Waals surface area (Å²) in [5.74, 6) is 1.31. The maximum atomic E-state index is 4.71. The van der Waals surface area contributed by atoms with Gasteiger partial charge < -0.3 is 10.2 Å². The summed E-state index contributed by atoms with van der Waals surface area (Å²) >= 11 is 1.80. The van der Waals surface area contributed by atoms with Gasteiger partial charge in [0.05, 0.1) is 16.4 Å². The Morgan fingerprint density at radius 2 is 2.15 bits per heavy atom. The molecule has 0 aliphatic carbocycles. The number of thiazole rings is 1. The molecule has 0 saturated carbocycles. The third-order valence-electron chi connectivity index (χ3n) is 4.36. The van der Waals surface area contributed by atoms with Crippen molar-refractivity contribution >= 4 is 17.3 Å². The zero-order valence-electron chi connectivity index (χ0n) is 17.1. The monoisotopic (exact) mass is 376 g/mol. The molecule has 0 aliphatic rings. The second-order valence-corrected chi connectivity index (χ2v) is 8.20. The van der Waals surface area contributed by atoms with Crippen molar-refractivity contribution in [2.24, 2.45) is 12.0 Å². The van der Waals surface area contributed by atoms with Gasteiger partial charge in [0.15, 0.2) is 5.96 Å². The van der Waals surface area contributed by atoms with Gasteiger partial charge in [0, 0.05) is 57.3 Å². The topological polar surface area (TPSA) is 58.3 Å². The first-order valence-corrected chi connectivity index (χ1v) is 10.1. The minimum atomic E-state index is 0.412. The molecule has 0 radical (unpaired) electrons. The molecule has 1 N–H and O–H groups in total. The van der Waals surface area contributed by atoms with Crippen LogP contribution in [0, 0.1) is 6.92 Å². The normalized spacial score (nSPS) is 12.1. The molecule has 0 atom stereocenters. The fraction of sp³-hybridized carbons (Fsp3) is 0.632. The Kier molecular flexibility index (Phi) is 7.20. The Morgan fingerprint density at radius 1 is 1.42 bits per heavy atom. The third kappa shape index (κ3) is 5.06. The summed E-state index contributed by atoms with van der Waals surface area (Å²) in [5.41, 5.74) is 3.63. The van der Waals surface area contributed by atoms with E-state index < -0.39 is 0 Å². The fourth-order valence-corrected chi connectivity index (χ4v) is 4.10. The SMILES string of the molecule is CCc1nc(CCNC(=NC)N(C)Cc2cn(C)nc2C(C)C)sc1C. The van der Waals surface area contributed by atoms with Crippen LogP contribution in [0.1, 0.15) is 53.5 Å². The number of hydrogen-bond donors (Lipinski definition) is 1. The van der Waals surface area contributed by atoms with Gasteiger partial charge in [-0.05, 0) is 19.3 Å². The van der Waals surface area contributed by atoms with Crippen molar-refractivity contribution in [3.8, 4) is 0 Å². The number of guanidine groups is 1. The Labute approximate surface area is 161 Å². The lowest BCUT2D eigenvalue weighted by molar-refractivity contribution is 0.474. The van der Waals surface area contributed by atoms with E-state index in [0.717, 1.165) is 37.6 Å². The summed E-state index contributed by atoms with van der Waals surface area (Å²) in [6, 6.07) is 0. The highest BCUT2D eigenvalue weighted by Crippen LogP contribution is 2.19. The van der Waals surface area contributed by atoms with Gasteiger partial charge in [-0.1, -0.05) is 20.8 Å². The van der Waals surface area contributed by atoms with Gasteiger partial charge in [-0.15, -0.1) is 11.3 Å².